The molecular formula is C13H17NO3S. The van der Waals surface area contributed by atoms with Gasteiger partial charge in [0.2, 0.25) is 15.9 Å². The van der Waals surface area contributed by atoms with Crippen molar-refractivity contribution in [2.75, 3.05) is 5.75 Å². The molecule has 4 nitrogen and oxygen atoms in total. The van der Waals surface area contributed by atoms with Crippen molar-refractivity contribution < 1.29 is 13.2 Å². The molecule has 5 heteroatoms. The number of rotatable bonds is 5. The Labute approximate surface area is 107 Å². The third-order valence-electron chi connectivity index (χ3n) is 3.20. The summed E-state index contributed by atoms with van der Waals surface area (Å²) in [5.74, 6) is -0.203. The van der Waals surface area contributed by atoms with E-state index >= 15 is 0 Å². The quantitative estimate of drug-likeness (QED) is 0.875. The second kappa shape index (κ2) is 5.10. The van der Waals surface area contributed by atoms with Crippen molar-refractivity contribution in [2.24, 2.45) is 11.8 Å². The number of benzene rings is 1. The molecule has 98 valence electrons. The van der Waals surface area contributed by atoms with E-state index in [4.69, 9.17) is 0 Å². The second-order valence-corrected chi connectivity index (χ2v) is 6.68. The SMILES string of the molecule is C[C@H]1C[C@H]1C(=O)NS(=O)(=O)CCc1ccccc1. The molecule has 1 aliphatic rings. The van der Waals surface area contributed by atoms with Crippen LogP contribution in [0.2, 0.25) is 0 Å². The highest BCUT2D eigenvalue weighted by atomic mass is 32.2. The van der Waals surface area contributed by atoms with Gasteiger partial charge in [-0.3, -0.25) is 9.52 Å². The molecule has 1 aromatic carbocycles. The van der Waals surface area contributed by atoms with E-state index in [1.165, 1.54) is 0 Å². The summed E-state index contributed by atoms with van der Waals surface area (Å²) in [6.07, 6.45) is 1.21. The topological polar surface area (TPSA) is 63.2 Å². The van der Waals surface area contributed by atoms with Crippen molar-refractivity contribution in [3.8, 4) is 0 Å². The molecule has 1 aromatic rings. The molecular weight excluding hydrogens is 250 g/mol. The Morgan fingerprint density at radius 1 is 1.33 bits per heavy atom. The van der Waals surface area contributed by atoms with Crippen LogP contribution in [0.25, 0.3) is 0 Å². The number of aryl methyl sites for hydroxylation is 1. The van der Waals surface area contributed by atoms with Crippen LogP contribution in [-0.2, 0) is 21.2 Å². The Morgan fingerprint density at radius 3 is 2.50 bits per heavy atom. The lowest BCUT2D eigenvalue weighted by atomic mass is 10.2. The van der Waals surface area contributed by atoms with Crippen LogP contribution in [0.1, 0.15) is 18.9 Å². The van der Waals surface area contributed by atoms with Gasteiger partial charge < -0.3 is 0 Å². The molecule has 2 atom stereocenters. The summed E-state index contributed by atoms with van der Waals surface area (Å²) in [6, 6.07) is 9.37. The Morgan fingerprint density at radius 2 is 1.94 bits per heavy atom. The summed E-state index contributed by atoms with van der Waals surface area (Å²) in [5, 5.41) is 0. The first kappa shape index (κ1) is 13.1. The van der Waals surface area contributed by atoms with E-state index < -0.39 is 10.0 Å². The fraction of sp³-hybridized carbons (Fsp3) is 0.462. The number of nitrogens with one attached hydrogen (secondary N) is 1. The van der Waals surface area contributed by atoms with E-state index in [0.717, 1.165) is 12.0 Å². The summed E-state index contributed by atoms with van der Waals surface area (Å²) >= 11 is 0. The molecule has 0 aliphatic heterocycles. The Bertz CT molecular complexity index is 524. The third-order valence-corrected chi connectivity index (χ3v) is 4.46. The van der Waals surface area contributed by atoms with E-state index in [9.17, 15) is 13.2 Å². The minimum absolute atomic E-state index is 0.0517. The smallest absolute Gasteiger partial charge is 0.236 e. The van der Waals surface area contributed by atoms with Crippen molar-refractivity contribution >= 4 is 15.9 Å². The van der Waals surface area contributed by atoms with Gasteiger partial charge in [-0.2, -0.15) is 0 Å². The number of hydrogen-bond acceptors (Lipinski definition) is 3. The van der Waals surface area contributed by atoms with Gasteiger partial charge in [0.25, 0.3) is 0 Å². The molecule has 1 amide bonds. The first-order chi connectivity index (χ1) is 8.48. The van der Waals surface area contributed by atoms with Gasteiger partial charge in [0.1, 0.15) is 0 Å². The van der Waals surface area contributed by atoms with Crippen LogP contribution in [0, 0.1) is 11.8 Å². The van der Waals surface area contributed by atoms with E-state index in [0.29, 0.717) is 12.3 Å². The summed E-state index contributed by atoms with van der Waals surface area (Å²) in [6.45, 7) is 1.95. The zero-order valence-corrected chi connectivity index (χ0v) is 11.1. The number of amides is 1. The molecule has 0 heterocycles. The maximum atomic E-state index is 11.7. The van der Waals surface area contributed by atoms with E-state index in [2.05, 4.69) is 4.72 Å². The van der Waals surface area contributed by atoms with E-state index in [1.807, 2.05) is 37.3 Å². The van der Waals surface area contributed by atoms with Crippen LogP contribution in [0.15, 0.2) is 30.3 Å². The van der Waals surface area contributed by atoms with E-state index in [1.54, 1.807) is 0 Å². The maximum Gasteiger partial charge on any atom is 0.236 e. The average molecular weight is 267 g/mol. The molecule has 0 saturated heterocycles. The first-order valence-electron chi connectivity index (χ1n) is 6.06. The lowest BCUT2D eigenvalue weighted by molar-refractivity contribution is -0.120. The number of carbonyl (C=O) groups excluding carboxylic acids is 1. The van der Waals surface area contributed by atoms with Gasteiger partial charge >= 0.3 is 0 Å². The van der Waals surface area contributed by atoms with Crippen molar-refractivity contribution in [1.82, 2.24) is 4.72 Å². The van der Waals surface area contributed by atoms with Crippen molar-refractivity contribution in [3.05, 3.63) is 35.9 Å². The standard InChI is InChI=1S/C13H17NO3S/c1-10-9-12(10)13(15)14-18(16,17)8-7-11-5-3-2-4-6-11/h2-6,10,12H,7-9H2,1H3,(H,14,15)/t10-,12+/m0/s1. The summed E-state index contributed by atoms with van der Waals surface area (Å²) < 4.78 is 25.6. The van der Waals surface area contributed by atoms with Gasteiger partial charge in [-0.1, -0.05) is 37.3 Å². The molecule has 0 unspecified atom stereocenters. The highest BCUT2D eigenvalue weighted by molar-refractivity contribution is 7.90. The Hall–Kier alpha value is -1.36. The molecule has 0 aromatic heterocycles. The highest BCUT2D eigenvalue weighted by Gasteiger charge is 2.40. The molecule has 1 saturated carbocycles. The van der Waals surface area contributed by atoms with Crippen LogP contribution in [0.5, 0.6) is 0 Å². The normalized spacial score (nSPS) is 22.5. The summed E-state index contributed by atoms with van der Waals surface area (Å²) in [4.78, 5) is 11.6. The molecule has 0 spiro atoms. The van der Waals surface area contributed by atoms with E-state index in [-0.39, 0.29) is 17.6 Å². The Balaban J connectivity index is 1.86. The van der Waals surface area contributed by atoms with Gasteiger partial charge in [-0.15, -0.1) is 0 Å². The van der Waals surface area contributed by atoms with Crippen LogP contribution in [0.3, 0.4) is 0 Å². The summed E-state index contributed by atoms with van der Waals surface area (Å²) in [5.41, 5.74) is 0.954. The fourth-order valence-corrected chi connectivity index (χ4v) is 2.93. The maximum absolute atomic E-state index is 11.7. The Kier molecular flexibility index (Phi) is 3.71. The number of sulfonamides is 1. The van der Waals surface area contributed by atoms with Gasteiger partial charge in [-0.05, 0) is 24.3 Å². The summed E-state index contributed by atoms with van der Waals surface area (Å²) in [7, 11) is -3.51. The molecule has 1 N–H and O–H groups in total. The van der Waals surface area contributed by atoms with Gasteiger partial charge in [0.15, 0.2) is 0 Å². The average Bonchev–Trinajstić information content (AvgIpc) is 3.05. The molecule has 0 bridgehead atoms. The van der Waals surface area contributed by atoms with Gasteiger partial charge in [-0.25, -0.2) is 8.42 Å². The van der Waals surface area contributed by atoms with Gasteiger partial charge in [0, 0.05) is 5.92 Å². The lowest BCUT2D eigenvalue weighted by Gasteiger charge is -2.06. The molecule has 2 rings (SSSR count). The van der Waals surface area contributed by atoms with Crippen LogP contribution in [0.4, 0.5) is 0 Å². The number of hydrogen-bond donors (Lipinski definition) is 1. The van der Waals surface area contributed by atoms with Gasteiger partial charge in [0.05, 0.1) is 5.75 Å². The van der Waals surface area contributed by atoms with Crippen LogP contribution < -0.4 is 4.72 Å². The molecule has 1 fully saturated rings. The van der Waals surface area contributed by atoms with Crippen molar-refractivity contribution in [2.45, 2.75) is 19.8 Å². The number of carbonyl (C=O) groups is 1. The zero-order valence-electron chi connectivity index (χ0n) is 10.3. The molecule has 0 radical (unpaired) electrons. The molecule has 1 aliphatic carbocycles. The molecule has 18 heavy (non-hydrogen) atoms. The van der Waals surface area contributed by atoms with Crippen molar-refractivity contribution in [3.63, 3.8) is 0 Å². The predicted molar refractivity (Wildman–Crippen MR) is 69.3 cm³/mol. The minimum Gasteiger partial charge on any atom is -0.274 e. The highest BCUT2D eigenvalue weighted by Crippen LogP contribution is 2.37. The fourth-order valence-electron chi connectivity index (χ4n) is 1.86. The van der Waals surface area contributed by atoms with Crippen LogP contribution in [-0.4, -0.2) is 20.1 Å². The predicted octanol–water partition coefficient (Wildman–Crippen LogP) is 1.33. The second-order valence-electron chi connectivity index (χ2n) is 4.84. The van der Waals surface area contributed by atoms with Crippen LogP contribution >= 0.6 is 0 Å². The monoisotopic (exact) mass is 267 g/mol. The largest absolute Gasteiger partial charge is 0.274 e. The van der Waals surface area contributed by atoms with Crippen molar-refractivity contribution in [1.29, 1.82) is 0 Å². The minimum atomic E-state index is -3.51. The first-order valence-corrected chi connectivity index (χ1v) is 7.71. The zero-order chi connectivity index (χ0) is 13.2. The lowest BCUT2D eigenvalue weighted by Crippen LogP contribution is -2.34. The third kappa shape index (κ3) is 3.57.